The fourth-order valence-electron chi connectivity index (χ4n) is 3.41. The van der Waals surface area contributed by atoms with Gasteiger partial charge in [0, 0.05) is 17.9 Å². The van der Waals surface area contributed by atoms with E-state index in [0.29, 0.717) is 9.79 Å². The summed E-state index contributed by atoms with van der Waals surface area (Å²) in [5, 5.41) is 36.5. The van der Waals surface area contributed by atoms with Crippen LogP contribution in [0.5, 0.6) is 5.75 Å². The number of hydrogen-bond donors (Lipinski definition) is 5. The van der Waals surface area contributed by atoms with E-state index in [9.17, 15) is 39.4 Å². The third-order valence-electron chi connectivity index (χ3n) is 5.22. The Bertz CT molecular complexity index is 1370. The number of amides is 2. The van der Waals surface area contributed by atoms with Gasteiger partial charge in [0.25, 0.3) is 11.8 Å². The number of aromatic nitrogens is 2. The second kappa shape index (κ2) is 9.74. The van der Waals surface area contributed by atoms with Gasteiger partial charge in [0.1, 0.15) is 24.0 Å². The van der Waals surface area contributed by atoms with Crippen LogP contribution < -0.4 is 16.5 Å². The number of carbonyl (C=O) groups excluding carboxylic acids is 3. The average molecular weight is 538 g/mol. The highest BCUT2D eigenvalue weighted by Crippen LogP contribution is 2.34. The van der Waals surface area contributed by atoms with Gasteiger partial charge in [0.15, 0.2) is 23.2 Å². The molecule has 0 aromatic carbocycles. The molecule has 2 fully saturated rings. The SMILES string of the molecule is Nc1nc(C(=NOCc2cc(=O)c(O)cn2O)C(=O)NC2CON(C3(C(=O)O)CCC(=O)O3)C2=O)cs1. The van der Waals surface area contributed by atoms with Gasteiger partial charge < -0.3 is 36.0 Å². The summed E-state index contributed by atoms with van der Waals surface area (Å²) in [5.41, 5.74) is 1.85. The normalized spacial score (nSPS) is 21.7. The van der Waals surface area contributed by atoms with E-state index in [-0.39, 0.29) is 29.4 Å². The molecule has 37 heavy (non-hydrogen) atoms. The maximum Gasteiger partial charge on any atom is 0.372 e. The minimum absolute atomic E-state index is 0.0398. The summed E-state index contributed by atoms with van der Waals surface area (Å²) < 4.78 is 5.28. The molecule has 4 heterocycles. The van der Waals surface area contributed by atoms with E-state index in [2.05, 4.69) is 15.5 Å². The summed E-state index contributed by atoms with van der Waals surface area (Å²) in [6.07, 6.45) is 0.139. The Morgan fingerprint density at radius 3 is 2.76 bits per heavy atom. The molecule has 0 saturated carbocycles. The van der Waals surface area contributed by atoms with Crippen LogP contribution in [0.15, 0.2) is 27.6 Å². The zero-order valence-corrected chi connectivity index (χ0v) is 19.3. The van der Waals surface area contributed by atoms with Crippen LogP contribution in [0.1, 0.15) is 24.2 Å². The van der Waals surface area contributed by atoms with Crippen LogP contribution in [0.4, 0.5) is 5.13 Å². The molecule has 0 aliphatic carbocycles. The molecule has 2 aliphatic rings. The van der Waals surface area contributed by atoms with Gasteiger partial charge >= 0.3 is 17.7 Å². The number of rotatable bonds is 8. The highest BCUT2D eigenvalue weighted by atomic mass is 32.1. The molecule has 0 bridgehead atoms. The first kappa shape index (κ1) is 25.4. The molecule has 2 amide bonds. The number of aliphatic carboxylic acids is 1. The van der Waals surface area contributed by atoms with Gasteiger partial charge in [-0.1, -0.05) is 5.16 Å². The molecule has 196 valence electrons. The molecule has 6 N–H and O–H groups in total. The molecule has 2 aromatic rings. The number of nitrogen functional groups attached to an aromatic ring is 1. The molecule has 2 unspecified atom stereocenters. The van der Waals surface area contributed by atoms with E-state index in [1.807, 2.05) is 0 Å². The van der Waals surface area contributed by atoms with E-state index in [0.717, 1.165) is 23.6 Å². The van der Waals surface area contributed by atoms with Crippen molar-refractivity contribution in [2.24, 2.45) is 5.16 Å². The molecule has 2 aromatic heterocycles. The van der Waals surface area contributed by atoms with Crippen molar-refractivity contribution in [3.05, 3.63) is 39.3 Å². The number of hydrogen-bond acceptors (Lipinski definition) is 14. The van der Waals surface area contributed by atoms with Gasteiger partial charge in [-0.25, -0.2) is 9.78 Å². The number of esters is 1. The Kier molecular flexibility index (Phi) is 6.68. The van der Waals surface area contributed by atoms with Crippen molar-refractivity contribution in [3.8, 4) is 5.75 Å². The highest BCUT2D eigenvalue weighted by Gasteiger charge is 2.59. The number of oxime groups is 1. The first-order valence-electron chi connectivity index (χ1n) is 10.3. The molecule has 2 aliphatic heterocycles. The smallest absolute Gasteiger partial charge is 0.372 e. The number of cyclic esters (lactones) is 1. The van der Waals surface area contributed by atoms with Crippen molar-refractivity contribution >= 4 is 45.9 Å². The first-order valence-corrected chi connectivity index (χ1v) is 11.2. The van der Waals surface area contributed by atoms with Gasteiger partial charge in [-0.15, -0.1) is 11.3 Å². The number of ether oxygens (including phenoxy) is 1. The summed E-state index contributed by atoms with van der Waals surface area (Å²) in [6, 6.07) is -0.508. The maximum atomic E-state index is 13.0. The standard InChI is InChI=1S/C19H18N6O11S/c20-18-22-10(7-37-18)14(23-34-5-8-3-11(26)12(27)4-24(8)33)15(29)21-9-6-35-25(16(9)30)19(17(31)32)2-1-13(28)36-19/h3-4,7,9,27,33H,1-2,5-6H2,(H2,20,22)(H,21,29)(H,31,32). The Labute approximate surface area is 209 Å². The van der Waals surface area contributed by atoms with E-state index >= 15 is 0 Å². The summed E-state index contributed by atoms with van der Waals surface area (Å²) in [5.74, 6) is -5.14. The van der Waals surface area contributed by atoms with Crippen LogP contribution >= 0.6 is 11.3 Å². The lowest BCUT2D eigenvalue weighted by molar-refractivity contribution is -0.256. The van der Waals surface area contributed by atoms with Crippen molar-refractivity contribution in [2.75, 3.05) is 12.3 Å². The molecular weight excluding hydrogens is 520 g/mol. The Morgan fingerprint density at radius 1 is 1.38 bits per heavy atom. The molecular formula is C19H18N6O11S. The van der Waals surface area contributed by atoms with Crippen LogP contribution in [0.2, 0.25) is 0 Å². The third-order valence-corrected chi connectivity index (χ3v) is 5.90. The lowest BCUT2D eigenvalue weighted by Crippen LogP contribution is -2.57. The lowest BCUT2D eigenvalue weighted by atomic mass is 10.1. The van der Waals surface area contributed by atoms with Crippen molar-refractivity contribution in [3.63, 3.8) is 0 Å². The Hall–Kier alpha value is -4.71. The molecule has 0 spiro atoms. The van der Waals surface area contributed by atoms with Crippen molar-refractivity contribution in [1.29, 1.82) is 0 Å². The molecule has 4 rings (SSSR count). The number of carboxylic acid groups (broad SMARTS) is 1. The molecule has 2 atom stereocenters. The molecule has 17 nitrogen and oxygen atoms in total. The number of nitrogens with two attached hydrogens (primary N) is 1. The maximum absolute atomic E-state index is 13.0. The van der Waals surface area contributed by atoms with Crippen molar-refractivity contribution in [2.45, 2.75) is 31.2 Å². The molecule has 2 saturated heterocycles. The minimum Gasteiger partial charge on any atom is -0.503 e. The van der Waals surface area contributed by atoms with Crippen LogP contribution in [0.25, 0.3) is 0 Å². The monoisotopic (exact) mass is 538 g/mol. The number of thiazole rings is 1. The van der Waals surface area contributed by atoms with E-state index < -0.39 is 65.6 Å². The largest absolute Gasteiger partial charge is 0.503 e. The van der Waals surface area contributed by atoms with Gasteiger partial charge in [-0.05, 0) is 0 Å². The fourth-order valence-corrected chi connectivity index (χ4v) is 3.95. The quantitative estimate of drug-likeness (QED) is 0.107. The summed E-state index contributed by atoms with van der Waals surface area (Å²) in [4.78, 5) is 74.9. The van der Waals surface area contributed by atoms with Crippen molar-refractivity contribution < 1.29 is 49.0 Å². The van der Waals surface area contributed by atoms with Crippen LogP contribution in [0, 0.1) is 0 Å². The minimum atomic E-state index is -2.36. The number of carboxylic acids is 1. The van der Waals surface area contributed by atoms with Crippen molar-refractivity contribution in [1.82, 2.24) is 20.1 Å². The number of nitrogens with one attached hydrogen (secondary N) is 1. The molecule has 0 radical (unpaired) electrons. The number of carbonyl (C=O) groups is 4. The average Bonchev–Trinajstić information content (AvgIpc) is 3.54. The summed E-state index contributed by atoms with van der Waals surface area (Å²) >= 11 is 0.973. The van der Waals surface area contributed by atoms with Gasteiger partial charge in [-0.2, -0.15) is 9.79 Å². The first-order chi connectivity index (χ1) is 17.5. The Morgan fingerprint density at radius 2 is 2.14 bits per heavy atom. The summed E-state index contributed by atoms with van der Waals surface area (Å²) in [6.45, 7) is -0.997. The number of hydroxylamine groups is 2. The zero-order chi connectivity index (χ0) is 26.9. The summed E-state index contributed by atoms with van der Waals surface area (Å²) in [7, 11) is 0. The second-order valence-electron chi connectivity index (χ2n) is 7.66. The third kappa shape index (κ3) is 4.86. The van der Waals surface area contributed by atoms with Gasteiger partial charge in [-0.3, -0.25) is 24.0 Å². The number of nitrogens with zero attached hydrogens (tertiary/aromatic N) is 4. The van der Waals surface area contributed by atoms with E-state index in [4.69, 9.17) is 20.1 Å². The Balaban J connectivity index is 1.51. The van der Waals surface area contributed by atoms with E-state index in [1.54, 1.807) is 0 Å². The second-order valence-corrected chi connectivity index (χ2v) is 8.55. The number of pyridine rings is 1. The predicted molar refractivity (Wildman–Crippen MR) is 118 cm³/mol. The van der Waals surface area contributed by atoms with Crippen LogP contribution in [-0.2, 0) is 40.2 Å². The van der Waals surface area contributed by atoms with Crippen LogP contribution in [-0.4, -0.2) is 78.0 Å². The fraction of sp³-hybridized carbons (Fsp3) is 0.316. The van der Waals surface area contributed by atoms with Gasteiger partial charge in [0.05, 0.1) is 12.6 Å². The van der Waals surface area contributed by atoms with Crippen LogP contribution in [0.3, 0.4) is 0 Å². The van der Waals surface area contributed by atoms with Gasteiger partial charge in [0.2, 0.25) is 5.43 Å². The highest BCUT2D eigenvalue weighted by molar-refractivity contribution is 7.13. The molecule has 18 heteroatoms. The number of anilines is 1. The predicted octanol–water partition coefficient (Wildman–Crippen LogP) is -1.87. The van der Waals surface area contributed by atoms with E-state index in [1.165, 1.54) is 5.38 Å². The number of aromatic hydroxyl groups is 1. The zero-order valence-electron chi connectivity index (χ0n) is 18.5. The topological polar surface area (TPSA) is 245 Å². The lowest BCUT2D eigenvalue weighted by Gasteiger charge is -2.30.